The number of aromatic nitrogens is 2. The van der Waals surface area contributed by atoms with Crippen LogP contribution in [0.2, 0.25) is 0 Å². The van der Waals surface area contributed by atoms with E-state index in [2.05, 4.69) is 13.8 Å². The minimum Gasteiger partial charge on any atom is -0.332 e. The molecule has 1 heterocycles. The van der Waals surface area contributed by atoms with Gasteiger partial charge in [0, 0.05) is 6.54 Å². The fourth-order valence-electron chi connectivity index (χ4n) is 4.39. The SMILES string of the molecule is Cc1cccc(-n2c(C(C)N(CCC(C)C)C(=O)Cc3ccccc3)nc3ccccc3c2=O)c1. The highest BCUT2D eigenvalue weighted by molar-refractivity contribution is 5.80. The molecule has 0 bridgehead atoms. The van der Waals surface area contributed by atoms with Crippen molar-refractivity contribution in [1.29, 1.82) is 0 Å². The zero-order valence-corrected chi connectivity index (χ0v) is 20.9. The number of hydrogen-bond acceptors (Lipinski definition) is 3. The lowest BCUT2D eigenvalue weighted by molar-refractivity contribution is -0.133. The number of carbonyl (C=O) groups excluding carboxylic acids is 1. The van der Waals surface area contributed by atoms with Crippen LogP contribution in [0.1, 0.15) is 50.2 Å². The molecule has 0 aliphatic heterocycles. The first-order chi connectivity index (χ1) is 16.8. The van der Waals surface area contributed by atoms with E-state index in [-0.39, 0.29) is 17.5 Å². The van der Waals surface area contributed by atoms with Crippen LogP contribution >= 0.6 is 0 Å². The lowest BCUT2D eigenvalue weighted by Gasteiger charge is -2.31. The summed E-state index contributed by atoms with van der Waals surface area (Å²) in [5, 5.41) is 0.564. The third-order valence-electron chi connectivity index (χ3n) is 6.37. The van der Waals surface area contributed by atoms with Crippen LogP contribution in [-0.4, -0.2) is 26.9 Å². The highest BCUT2D eigenvalue weighted by Gasteiger charge is 2.27. The average Bonchev–Trinajstić information content (AvgIpc) is 2.84. The van der Waals surface area contributed by atoms with E-state index in [9.17, 15) is 9.59 Å². The van der Waals surface area contributed by atoms with Crippen LogP contribution in [0.25, 0.3) is 16.6 Å². The average molecular weight is 468 g/mol. The van der Waals surface area contributed by atoms with Gasteiger partial charge in [0.1, 0.15) is 5.82 Å². The zero-order valence-electron chi connectivity index (χ0n) is 20.9. The Morgan fingerprint density at radius 2 is 1.66 bits per heavy atom. The molecule has 180 valence electrons. The van der Waals surface area contributed by atoms with E-state index in [0.717, 1.165) is 23.2 Å². The Morgan fingerprint density at radius 3 is 2.37 bits per heavy atom. The van der Waals surface area contributed by atoms with Crippen molar-refractivity contribution in [2.75, 3.05) is 6.54 Å². The number of aryl methyl sites for hydroxylation is 1. The molecule has 0 spiro atoms. The van der Waals surface area contributed by atoms with Gasteiger partial charge in [0.25, 0.3) is 5.56 Å². The van der Waals surface area contributed by atoms with Crippen LogP contribution in [0, 0.1) is 12.8 Å². The normalized spacial score (nSPS) is 12.1. The van der Waals surface area contributed by atoms with Gasteiger partial charge in [-0.3, -0.25) is 14.2 Å². The van der Waals surface area contributed by atoms with Crippen molar-refractivity contribution in [2.45, 2.75) is 46.6 Å². The fraction of sp³-hybridized carbons (Fsp3) is 0.300. The van der Waals surface area contributed by atoms with Crippen LogP contribution in [0.4, 0.5) is 0 Å². The van der Waals surface area contributed by atoms with E-state index in [0.29, 0.717) is 35.6 Å². The third kappa shape index (κ3) is 5.51. The van der Waals surface area contributed by atoms with Crippen molar-refractivity contribution in [2.24, 2.45) is 5.92 Å². The van der Waals surface area contributed by atoms with Crippen molar-refractivity contribution < 1.29 is 4.79 Å². The molecule has 5 nitrogen and oxygen atoms in total. The van der Waals surface area contributed by atoms with Crippen molar-refractivity contribution in [1.82, 2.24) is 14.5 Å². The van der Waals surface area contributed by atoms with Gasteiger partial charge in [-0.15, -0.1) is 0 Å². The van der Waals surface area contributed by atoms with E-state index >= 15 is 0 Å². The molecular formula is C30H33N3O2. The Balaban J connectivity index is 1.84. The van der Waals surface area contributed by atoms with E-state index in [1.54, 1.807) is 4.57 Å². The maximum absolute atomic E-state index is 13.7. The van der Waals surface area contributed by atoms with Gasteiger partial charge < -0.3 is 4.90 Å². The highest BCUT2D eigenvalue weighted by Crippen LogP contribution is 2.25. The Labute approximate surface area is 207 Å². The Hall–Kier alpha value is -3.73. The molecule has 0 radical (unpaired) electrons. The molecule has 4 rings (SSSR count). The maximum atomic E-state index is 13.7. The molecule has 0 saturated carbocycles. The molecule has 35 heavy (non-hydrogen) atoms. The van der Waals surface area contributed by atoms with Gasteiger partial charge in [0.15, 0.2) is 0 Å². The second kappa shape index (κ2) is 10.7. The van der Waals surface area contributed by atoms with Gasteiger partial charge in [-0.2, -0.15) is 0 Å². The predicted octanol–water partition coefficient (Wildman–Crippen LogP) is 5.87. The van der Waals surface area contributed by atoms with Gasteiger partial charge in [-0.1, -0.05) is 68.4 Å². The van der Waals surface area contributed by atoms with E-state index < -0.39 is 0 Å². The summed E-state index contributed by atoms with van der Waals surface area (Å²) >= 11 is 0. The molecule has 1 atom stereocenters. The van der Waals surface area contributed by atoms with E-state index in [1.165, 1.54) is 0 Å². The minimum absolute atomic E-state index is 0.0301. The number of rotatable bonds is 8. The second-order valence-corrected chi connectivity index (χ2v) is 9.57. The van der Waals surface area contributed by atoms with Crippen LogP contribution in [0.15, 0.2) is 83.7 Å². The summed E-state index contributed by atoms with van der Waals surface area (Å²) in [6, 6.07) is 24.7. The summed E-state index contributed by atoms with van der Waals surface area (Å²) in [4.78, 5) is 34.2. The minimum atomic E-state index is -0.386. The standard InChI is InChI=1S/C30H33N3O2/c1-21(2)17-18-32(28(34)20-24-12-6-5-7-13-24)23(4)29-31-27-16-9-8-15-26(27)30(35)33(29)25-14-10-11-22(3)19-25/h5-16,19,21,23H,17-18,20H2,1-4H3. The molecule has 1 amide bonds. The van der Waals surface area contributed by atoms with Crippen molar-refractivity contribution in [3.05, 3.63) is 106 Å². The number of nitrogens with zero attached hydrogens (tertiary/aromatic N) is 3. The molecule has 0 aliphatic carbocycles. The number of hydrogen-bond donors (Lipinski definition) is 0. The molecule has 0 N–H and O–H groups in total. The lowest BCUT2D eigenvalue weighted by atomic mass is 10.1. The molecule has 5 heteroatoms. The van der Waals surface area contributed by atoms with Crippen molar-refractivity contribution >= 4 is 16.8 Å². The molecule has 0 aliphatic rings. The lowest BCUT2D eigenvalue weighted by Crippen LogP contribution is -2.39. The van der Waals surface area contributed by atoms with Crippen molar-refractivity contribution in [3.8, 4) is 5.69 Å². The first-order valence-electron chi connectivity index (χ1n) is 12.3. The maximum Gasteiger partial charge on any atom is 0.266 e. The third-order valence-corrected chi connectivity index (χ3v) is 6.37. The topological polar surface area (TPSA) is 55.2 Å². The van der Waals surface area contributed by atoms with Gasteiger partial charge in [-0.05, 0) is 61.6 Å². The summed E-state index contributed by atoms with van der Waals surface area (Å²) in [6.45, 7) is 8.89. The second-order valence-electron chi connectivity index (χ2n) is 9.57. The Morgan fingerprint density at radius 1 is 0.943 bits per heavy atom. The summed E-state index contributed by atoms with van der Waals surface area (Å²) in [5.41, 5.74) is 3.30. The number of benzene rings is 3. The quantitative estimate of drug-likeness (QED) is 0.326. The number of para-hydroxylation sites is 1. The van der Waals surface area contributed by atoms with Gasteiger partial charge in [-0.25, -0.2) is 4.98 Å². The van der Waals surface area contributed by atoms with Gasteiger partial charge in [0.2, 0.25) is 5.91 Å². The van der Waals surface area contributed by atoms with Gasteiger partial charge >= 0.3 is 0 Å². The molecule has 1 aromatic heterocycles. The summed E-state index contributed by atoms with van der Waals surface area (Å²) in [5.74, 6) is 1.05. The zero-order chi connectivity index (χ0) is 24.9. The monoisotopic (exact) mass is 467 g/mol. The Kier molecular flexibility index (Phi) is 7.45. The molecule has 0 fully saturated rings. The van der Waals surface area contributed by atoms with Crippen LogP contribution in [-0.2, 0) is 11.2 Å². The first-order valence-corrected chi connectivity index (χ1v) is 12.3. The highest BCUT2D eigenvalue weighted by atomic mass is 16.2. The number of amides is 1. The van der Waals surface area contributed by atoms with Crippen molar-refractivity contribution in [3.63, 3.8) is 0 Å². The summed E-state index contributed by atoms with van der Waals surface area (Å²) < 4.78 is 1.68. The fourth-order valence-corrected chi connectivity index (χ4v) is 4.39. The molecule has 3 aromatic carbocycles. The smallest absolute Gasteiger partial charge is 0.266 e. The molecule has 4 aromatic rings. The largest absolute Gasteiger partial charge is 0.332 e. The first kappa shape index (κ1) is 24.4. The van der Waals surface area contributed by atoms with Crippen LogP contribution in [0.5, 0.6) is 0 Å². The number of fused-ring (bicyclic) bond motifs is 1. The van der Waals surface area contributed by atoms with Gasteiger partial charge in [0.05, 0.1) is 29.1 Å². The molecule has 1 unspecified atom stereocenters. The van der Waals surface area contributed by atoms with E-state index in [1.807, 2.05) is 97.6 Å². The van der Waals surface area contributed by atoms with Crippen LogP contribution in [0.3, 0.4) is 0 Å². The van der Waals surface area contributed by atoms with E-state index in [4.69, 9.17) is 4.98 Å². The predicted molar refractivity (Wildman–Crippen MR) is 142 cm³/mol. The van der Waals surface area contributed by atoms with Crippen LogP contribution < -0.4 is 5.56 Å². The molecule has 0 saturated heterocycles. The summed E-state index contributed by atoms with van der Waals surface area (Å²) in [6.07, 6.45) is 1.18. The molecular weight excluding hydrogens is 434 g/mol. The number of carbonyl (C=O) groups is 1. The summed E-state index contributed by atoms with van der Waals surface area (Å²) in [7, 11) is 0. The Bertz CT molecular complexity index is 1380.